The number of unbranched alkanes of at least 4 members (excludes halogenated alkanes) is 1. The predicted octanol–water partition coefficient (Wildman–Crippen LogP) is 3.93. The summed E-state index contributed by atoms with van der Waals surface area (Å²) in [4.78, 5) is 29.5. The van der Waals surface area contributed by atoms with Crippen molar-refractivity contribution in [3.05, 3.63) is 47.2 Å². The van der Waals surface area contributed by atoms with Crippen LogP contribution >= 0.6 is 0 Å². The van der Waals surface area contributed by atoms with Crippen LogP contribution in [-0.4, -0.2) is 37.1 Å². The third-order valence-corrected chi connectivity index (χ3v) is 4.79. The van der Waals surface area contributed by atoms with Gasteiger partial charge in [0.25, 0.3) is 5.91 Å². The lowest BCUT2D eigenvalue weighted by atomic mass is 10.0. The molecule has 0 fully saturated rings. The van der Waals surface area contributed by atoms with Gasteiger partial charge in [-0.15, -0.1) is 0 Å². The Kier molecular flexibility index (Phi) is 9.52. The minimum absolute atomic E-state index is 0.260. The molecule has 1 heterocycles. The van der Waals surface area contributed by atoms with Crippen LogP contribution in [0, 0.1) is 19.8 Å². The van der Waals surface area contributed by atoms with Crippen molar-refractivity contribution in [2.24, 2.45) is 5.92 Å². The second-order valence-electron chi connectivity index (χ2n) is 8.17. The zero-order chi connectivity index (χ0) is 22.8. The molecule has 3 amide bonds. The lowest BCUT2D eigenvalue weighted by molar-refractivity contribution is 0.0947. The Hall–Kier alpha value is -2.87. The van der Waals surface area contributed by atoms with Gasteiger partial charge in [-0.2, -0.15) is 0 Å². The molecule has 31 heavy (non-hydrogen) atoms. The third kappa shape index (κ3) is 8.05. The molecule has 0 unspecified atom stereocenters. The molecule has 0 saturated heterocycles. The third-order valence-electron chi connectivity index (χ3n) is 4.79. The lowest BCUT2D eigenvalue weighted by Crippen LogP contribution is -2.33. The first-order valence-electron chi connectivity index (χ1n) is 10.8. The van der Waals surface area contributed by atoms with Crippen LogP contribution in [0.2, 0.25) is 0 Å². The number of nitrogens with zero attached hydrogens (tertiary/aromatic N) is 1. The molecule has 1 aromatic carbocycles. The average molecular weight is 430 g/mol. The summed E-state index contributed by atoms with van der Waals surface area (Å²) >= 11 is 0. The minimum Gasteiger partial charge on any atom is -0.443 e. The van der Waals surface area contributed by atoms with Crippen LogP contribution in [0.3, 0.4) is 0 Å². The van der Waals surface area contributed by atoms with E-state index in [0.717, 1.165) is 24.9 Å². The van der Waals surface area contributed by atoms with Gasteiger partial charge >= 0.3 is 6.03 Å². The van der Waals surface area contributed by atoms with Gasteiger partial charge in [0.05, 0.1) is 0 Å². The highest BCUT2D eigenvalue weighted by Crippen LogP contribution is 2.23. The zero-order valence-electron chi connectivity index (χ0n) is 19.2. The normalized spacial score (nSPS) is 11.9. The van der Waals surface area contributed by atoms with E-state index in [9.17, 15) is 9.59 Å². The molecule has 0 radical (unpaired) electrons. The Bertz CT molecular complexity index is 845. The van der Waals surface area contributed by atoms with E-state index in [4.69, 9.17) is 4.42 Å². The number of carbonyl (C=O) groups is 2. The Morgan fingerprint density at radius 2 is 1.74 bits per heavy atom. The van der Waals surface area contributed by atoms with Gasteiger partial charge in [0, 0.05) is 12.2 Å². The maximum atomic E-state index is 12.5. The number of urea groups is 1. The second-order valence-corrected chi connectivity index (χ2v) is 8.17. The van der Waals surface area contributed by atoms with Crippen molar-refractivity contribution in [1.29, 1.82) is 0 Å². The first-order chi connectivity index (χ1) is 14.8. The molecule has 0 spiro atoms. The first-order valence-corrected chi connectivity index (χ1v) is 10.8. The maximum Gasteiger partial charge on any atom is 0.319 e. The van der Waals surface area contributed by atoms with E-state index >= 15 is 0 Å². The average Bonchev–Trinajstić information content (AvgIpc) is 3.10. The van der Waals surface area contributed by atoms with Crippen LogP contribution in [0.1, 0.15) is 66.9 Å². The number of benzene rings is 1. The number of amides is 3. The molecule has 0 aliphatic heterocycles. The first kappa shape index (κ1) is 24.4. The lowest BCUT2D eigenvalue weighted by Gasteiger charge is -2.18. The van der Waals surface area contributed by atoms with Gasteiger partial charge in [-0.1, -0.05) is 31.5 Å². The topological polar surface area (TPSA) is 108 Å². The number of anilines is 1. The van der Waals surface area contributed by atoms with Gasteiger partial charge in [-0.05, 0) is 64.8 Å². The second kappa shape index (κ2) is 12.1. The fourth-order valence-electron chi connectivity index (χ4n) is 3.14. The number of hydrogen-bond donors (Lipinski definition) is 4. The summed E-state index contributed by atoms with van der Waals surface area (Å²) in [7, 11) is 1.90. The van der Waals surface area contributed by atoms with Gasteiger partial charge < -0.3 is 25.7 Å². The number of hydrogen-bond acceptors (Lipinski definition) is 5. The van der Waals surface area contributed by atoms with Crippen LogP contribution in [0.15, 0.2) is 28.7 Å². The van der Waals surface area contributed by atoms with Crippen molar-refractivity contribution in [3.63, 3.8) is 0 Å². The van der Waals surface area contributed by atoms with Crippen molar-refractivity contribution in [1.82, 2.24) is 20.9 Å². The van der Waals surface area contributed by atoms with Gasteiger partial charge in [0.2, 0.25) is 5.89 Å². The monoisotopic (exact) mass is 429 g/mol. The van der Waals surface area contributed by atoms with Crippen molar-refractivity contribution in [2.75, 3.05) is 25.5 Å². The van der Waals surface area contributed by atoms with Gasteiger partial charge in [-0.3, -0.25) is 4.79 Å². The molecule has 0 aliphatic rings. The summed E-state index contributed by atoms with van der Waals surface area (Å²) < 4.78 is 5.79. The van der Waals surface area contributed by atoms with Gasteiger partial charge in [0.15, 0.2) is 5.69 Å². The number of aryl methyl sites for hydroxylation is 2. The Morgan fingerprint density at radius 3 is 2.39 bits per heavy atom. The fraction of sp³-hybridized carbons (Fsp3) is 0.522. The molecule has 1 atom stereocenters. The van der Waals surface area contributed by atoms with Crippen molar-refractivity contribution < 1.29 is 14.0 Å². The Morgan fingerprint density at radius 1 is 1.06 bits per heavy atom. The molecule has 0 bridgehead atoms. The summed E-state index contributed by atoms with van der Waals surface area (Å²) in [6.07, 6.45) is 2.50. The van der Waals surface area contributed by atoms with Crippen molar-refractivity contribution >= 4 is 17.6 Å². The molecule has 8 nitrogen and oxygen atoms in total. The molecule has 8 heteroatoms. The van der Waals surface area contributed by atoms with Crippen LogP contribution in [-0.2, 0) is 0 Å². The number of oxazole rings is 1. The number of carbonyl (C=O) groups excluding carboxylic acids is 2. The van der Waals surface area contributed by atoms with E-state index in [0.29, 0.717) is 36.2 Å². The molecular weight excluding hydrogens is 394 g/mol. The fourth-order valence-corrected chi connectivity index (χ4v) is 3.14. The predicted molar refractivity (Wildman–Crippen MR) is 122 cm³/mol. The van der Waals surface area contributed by atoms with E-state index in [1.165, 1.54) is 0 Å². The van der Waals surface area contributed by atoms with E-state index in [1.807, 2.05) is 38.2 Å². The van der Waals surface area contributed by atoms with E-state index in [-0.39, 0.29) is 17.6 Å². The smallest absolute Gasteiger partial charge is 0.319 e. The molecule has 1 aromatic heterocycles. The minimum atomic E-state index is -0.443. The maximum absolute atomic E-state index is 12.5. The molecule has 2 rings (SSSR count). The van der Waals surface area contributed by atoms with Gasteiger partial charge in [0.1, 0.15) is 11.8 Å². The van der Waals surface area contributed by atoms with Crippen LogP contribution < -0.4 is 21.3 Å². The Balaban J connectivity index is 2.04. The number of nitrogens with one attached hydrogen (secondary N) is 4. The van der Waals surface area contributed by atoms with E-state index in [1.54, 1.807) is 6.92 Å². The van der Waals surface area contributed by atoms with Crippen molar-refractivity contribution in [3.8, 4) is 0 Å². The highest BCUT2D eigenvalue weighted by molar-refractivity contribution is 5.93. The quantitative estimate of drug-likeness (QED) is 0.405. The highest BCUT2D eigenvalue weighted by atomic mass is 16.4. The molecule has 170 valence electrons. The summed E-state index contributed by atoms with van der Waals surface area (Å²) in [5.41, 5.74) is 2.08. The zero-order valence-corrected chi connectivity index (χ0v) is 19.2. The molecule has 4 N–H and O–H groups in total. The Labute approximate surface area is 184 Å². The SMILES string of the molecule is CNCCCCNC(=O)c1nc([C@H](CC(C)C)NC(=O)Nc2ccc(C)cc2)oc1C. The molecule has 0 aliphatic carbocycles. The molecule has 2 aromatic rings. The van der Waals surface area contributed by atoms with Crippen molar-refractivity contribution in [2.45, 2.75) is 53.0 Å². The standard InChI is InChI=1S/C23H35N5O3/c1-15(2)14-19(27-23(30)26-18-10-8-16(3)9-11-18)22-28-20(17(4)31-22)21(29)25-13-7-6-12-24-5/h8-11,15,19,24H,6-7,12-14H2,1-5H3,(H,25,29)(H2,26,27,30)/t19-/m0/s1. The highest BCUT2D eigenvalue weighted by Gasteiger charge is 2.25. The van der Waals surface area contributed by atoms with Crippen LogP contribution in [0.25, 0.3) is 0 Å². The number of aromatic nitrogens is 1. The summed E-state index contributed by atoms with van der Waals surface area (Å²) in [6.45, 7) is 9.31. The van der Waals surface area contributed by atoms with Gasteiger partial charge in [-0.25, -0.2) is 9.78 Å². The summed E-state index contributed by atoms with van der Waals surface area (Å²) in [5, 5.41) is 11.7. The summed E-state index contributed by atoms with van der Waals surface area (Å²) in [5.74, 6) is 0.813. The molecule has 0 saturated carbocycles. The summed E-state index contributed by atoms with van der Waals surface area (Å²) in [6, 6.07) is 6.77. The van der Waals surface area contributed by atoms with Crippen LogP contribution in [0.5, 0.6) is 0 Å². The van der Waals surface area contributed by atoms with E-state index < -0.39 is 6.04 Å². The molecular formula is C23H35N5O3. The van der Waals surface area contributed by atoms with E-state index in [2.05, 4.69) is 40.1 Å². The van der Waals surface area contributed by atoms with Crippen LogP contribution in [0.4, 0.5) is 10.5 Å². The number of rotatable bonds is 11. The largest absolute Gasteiger partial charge is 0.443 e.